The summed E-state index contributed by atoms with van der Waals surface area (Å²) in [5, 5.41) is 11.9. The molecular formula is C23H27N5O2S. The van der Waals surface area contributed by atoms with Crippen LogP contribution >= 0.6 is 11.8 Å². The predicted molar refractivity (Wildman–Crippen MR) is 123 cm³/mol. The van der Waals surface area contributed by atoms with Gasteiger partial charge >= 0.3 is 0 Å². The van der Waals surface area contributed by atoms with Crippen LogP contribution in [0.2, 0.25) is 0 Å². The second kappa shape index (κ2) is 9.43. The van der Waals surface area contributed by atoms with E-state index < -0.39 is 5.25 Å². The summed E-state index contributed by atoms with van der Waals surface area (Å²) in [6, 6.07) is 15.6. The second-order valence-electron chi connectivity index (χ2n) is 7.27. The number of nitrogens with zero attached hydrogens (tertiary/aromatic N) is 3. The first kappa shape index (κ1) is 21.2. The van der Waals surface area contributed by atoms with Crippen LogP contribution in [0.15, 0.2) is 53.7 Å². The molecule has 2 N–H and O–H groups in total. The zero-order chi connectivity index (χ0) is 21.8. The van der Waals surface area contributed by atoms with Gasteiger partial charge in [-0.15, -0.1) is 10.2 Å². The van der Waals surface area contributed by atoms with Gasteiger partial charge in [-0.25, -0.2) is 4.68 Å². The Labute approximate surface area is 186 Å². The Kier molecular flexibility index (Phi) is 6.46. The van der Waals surface area contributed by atoms with Gasteiger partial charge in [-0.05, 0) is 48.7 Å². The summed E-state index contributed by atoms with van der Waals surface area (Å²) in [6.45, 7) is 6.72. The molecule has 1 aliphatic heterocycles. The third-order valence-corrected chi connectivity index (χ3v) is 6.47. The molecule has 7 nitrogen and oxygen atoms in total. The standard InChI is InChI=1S/C23H27N5O2S/c1-4-15-7-11-17(12-8-15)24-22(29)21-20(16-9-13-18(14-10-16)30-6-3)27-28-19(5-2)25-26-23(28)31-21/h7-14,20-21,27H,4-6H2,1-3H3,(H,24,29). The van der Waals surface area contributed by atoms with Gasteiger partial charge in [0.25, 0.3) is 0 Å². The number of benzene rings is 2. The van der Waals surface area contributed by atoms with Gasteiger partial charge in [0, 0.05) is 12.1 Å². The molecule has 3 aromatic rings. The minimum absolute atomic E-state index is 0.0760. The molecule has 1 amide bonds. The van der Waals surface area contributed by atoms with Crippen molar-refractivity contribution in [2.75, 3.05) is 17.3 Å². The van der Waals surface area contributed by atoms with Crippen molar-refractivity contribution in [1.29, 1.82) is 0 Å². The SMILES string of the molecule is CCOc1ccc(C2Nn3c(CC)nnc3SC2C(=O)Nc2ccc(CC)cc2)cc1. The Hall–Kier alpha value is -3.00. The lowest BCUT2D eigenvalue weighted by molar-refractivity contribution is -0.116. The summed E-state index contributed by atoms with van der Waals surface area (Å²) in [7, 11) is 0. The summed E-state index contributed by atoms with van der Waals surface area (Å²) in [6.07, 6.45) is 1.71. The minimum atomic E-state index is -0.412. The van der Waals surface area contributed by atoms with Crippen LogP contribution in [0, 0.1) is 0 Å². The molecule has 4 rings (SSSR count). The zero-order valence-electron chi connectivity index (χ0n) is 18.0. The highest BCUT2D eigenvalue weighted by Gasteiger charge is 2.37. The van der Waals surface area contributed by atoms with Gasteiger partial charge in [0.15, 0.2) is 5.82 Å². The monoisotopic (exact) mass is 437 g/mol. The molecule has 0 radical (unpaired) electrons. The molecule has 2 unspecified atom stereocenters. The Bertz CT molecular complexity index is 1030. The lowest BCUT2D eigenvalue weighted by Crippen LogP contribution is -2.41. The topological polar surface area (TPSA) is 81.1 Å². The van der Waals surface area contributed by atoms with Crippen molar-refractivity contribution < 1.29 is 9.53 Å². The summed E-state index contributed by atoms with van der Waals surface area (Å²) in [4.78, 5) is 13.3. The van der Waals surface area contributed by atoms with Crippen molar-refractivity contribution in [1.82, 2.24) is 14.9 Å². The van der Waals surface area contributed by atoms with Crippen LogP contribution in [0.1, 0.15) is 43.8 Å². The van der Waals surface area contributed by atoms with Crippen LogP contribution in [-0.4, -0.2) is 32.6 Å². The highest BCUT2D eigenvalue weighted by molar-refractivity contribution is 8.00. The number of carbonyl (C=O) groups is 1. The van der Waals surface area contributed by atoms with E-state index >= 15 is 0 Å². The predicted octanol–water partition coefficient (Wildman–Crippen LogP) is 4.20. The quantitative estimate of drug-likeness (QED) is 0.577. The fraction of sp³-hybridized carbons (Fsp3) is 0.348. The van der Waals surface area contributed by atoms with Gasteiger partial charge in [0.05, 0.1) is 12.6 Å². The van der Waals surface area contributed by atoms with Gasteiger partial charge in [0.1, 0.15) is 11.0 Å². The third kappa shape index (κ3) is 4.54. The van der Waals surface area contributed by atoms with Crippen LogP contribution in [0.25, 0.3) is 0 Å². The number of hydrogen-bond donors (Lipinski definition) is 2. The smallest absolute Gasteiger partial charge is 0.240 e. The first-order chi connectivity index (χ1) is 15.1. The number of amides is 1. The van der Waals surface area contributed by atoms with E-state index in [2.05, 4.69) is 27.9 Å². The molecule has 2 aromatic carbocycles. The molecule has 0 aliphatic carbocycles. The van der Waals surface area contributed by atoms with E-state index in [-0.39, 0.29) is 11.9 Å². The number of anilines is 1. The lowest BCUT2D eigenvalue weighted by atomic mass is 10.0. The lowest BCUT2D eigenvalue weighted by Gasteiger charge is -2.33. The van der Waals surface area contributed by atoms with Crippen molar-refractivity contribution in [3.63, 3.8) is 0 Å². The van der Waals surface area contributed by atoms with Crippen molar-refractivity contribution in [2.45, 2.75) is 50.1 Å². The number of fused-ring (bicyclic) bond motifs is 1. The van der Waals surface area contributed by atoms with Gasteiger partial charge in [0.2, 0.25) is 11.1 Å². The van der Waals surface area contributed by atoms with E-state index in [0.29, 0.717) is 11.8 Å². The van der Waals surface area contributed by atoms with Crippen molar-refractivity contribution >= 4 is 23.4 Å². The number of rotatable bonds is 7. The Balaban J connectivity index is 1.62. The molecule has 2 heterocycles. The average Bonchev–Trinajstić information content (AvgIpc) is 3.21. The number of thioether (sulfide) groups is 1. The first-order valence-corrected chi connectivity index (χ1v) is 11.5. The largest absolute Gasteiger partial charge is 0.494 e. The molecule has 2 atom stereocenters. The molecule has 0 fully saturated rings. The molecule has 1 aliphatic rings. The number of hydrogen-bond acceptors (Lipinski definition) is 6. The molecule has 31 heavy (non-hydrogen) atoms. The van der Waals surface area contributed by atoms with E-state index in [1.54, 1.807) is 0 Å². The molecule has 0 saturated carbocycles. The Morgan fingerprint density at radius 2 is 1.81 bits per heavy atom. The molecule has 162 valence electrons. The molecule has 0 spiro atoms. The summed E-state index contributed by atoms with van der Waals surface area (Å²) in [5.74, 6) is 1.58. The fourth-order valence-electron chi connectivity index (χ4n) is 3.55. The summed E-state index contributed by atoms with van der Waals surface area (Å²) < 4.78 is 7.47. The van der Waals surface area contributed by atoms with E-state index in [0.717, 1.165) is 35.7 Å². The normalized spacial score (nSPS) is 17.5. The summed E-state index contributed by atoms with van der Waals surface area (Å²) >= 11 is 1.43. The second-order valence-corrected chi connectivity index (χ2v) is 8.38. The Morgan fingerprint density at radius 1 is 1.06 bits per heavy atom. The van der Waals surface area contributed by atoms with E-state index in [9.17, 15) is 4.79 Å². The van der Waals surface area contributed by atoms with E-state index in [1.165, 1.54) is 17.3 Å². The molecule has 0 bridgehead atoms. The average molecular weight is 438 g/mol. The Morgan fingerprint density at radius 3 is 2.45 bits per heavy atom. The van der Waals surface area contributed by atoms with E-state index in [1.807, 2.05) is 67.1 Å². The maximum atomic E-state index is 13.3. The van der Waals surface area contributed by atoms with Crippen LogP contribution in [0.3, 0.4) is 0 Å². The van der Waals surface area contributed by atoms with Gasteiger partial charge < -0.3 is 15.5 Å². The van der Waals surface area contributed by atoms with E-state index in [4.69, 9.17) is 4.74 Å². The molecule has 0 saturated heterocycles. The highest BCUT2D eigenvalue weighted by Crippen LogP contribution is 2.38. The summed E-state index contributed by atoms with van der Waals surface area (Å²) in [5.41, 5.74) is 6.49. The molecule has 8 heteroatoms. The van der Waals surface area contributed by atoms with Gasteiger partial charge in [-0.1, -0.05) is 49.9 Å². The van der Waals surface area contributed by atoms with Gasteiger partial charge in [-0.3, -0.25) is 4.79 Å². The minimum Gasteiger partial charge on any atom is -0.494 e. The van der Waals surface area contributed by atoms with Gasteiger partial charge in [-0.2, -0.15) is 0 Å². The number of nitrogens with one attached hydrogen (secondary N) is 2. The van der Waals surface area contributed by atoms with Crippen molar-refractivity contribution in [2.24, 2.45) is 0 Å². The number of aryl methyl sites for hydroxylation is 2. The number of aromatic nitrogens is 3. The maximum Gasteiger partial charge on any atom is 0.240 e. The van der Waals surface area contributed by atoms with Crippen LogP contribution in [-0.2, 0) is 17.6 Å². The van der Waals surface area contributed by atoms with Crippen LogP contribution < -0.4 is 15.5 Å². The highest BCUT2D eigenvalue weighted by atomic mass is 32.2. The fourth-order valence-corrected chi connectivity index (χ4v) is 4.65. The number of ether oxygens (including phenoxy) is 1. The molecule has 1 aromatic heterocycles. The van der Waals surface area contributed by atoms with Crippen molar-refractivity contribution in [3.8, 4) is 5.75 Å². The maximum absolute atomic E-state index is 13.3. The first-order valence-electron chi connectivity index (χ1n) is 10.6. The van der Waals surface area contributed by atoms with Crippen LogP contribution in [0.5, 0.6) is 5.75 Å². The van der Waals surface area contributed by atoms with Crippen LogP contribution in [0.4, 0.5) is 5.69 Å². The molecular weight excluding hydrogens is 410 g/mol. The third-order valence-electron chi connectivity index (χ3n) is 5.26. The zero-order valence-corrected chi connectivity index (χ0v) is 18.8. The van der Waals surface area contributed by atoms with Crippen molar-refractivity contribution in [3.05, 3.63) is 65.5 Å². The number of carbonyl (C=O) groups excluding carboxylic acids is 1.